The van der Waals surface area contributed by atoms with Crippen LogP contribution in [0.4, 0.5) is 9.59 Å². The smallest absolute Gasteiger partial charge is 0.407 e. The maximum atomic E-state index is 15.6. The van der Waals surface area contributed by atoms with Gasteiger partial charge in [-0.3, -0.25) is 47.9 Å². The summed E-state index contributed by atoms with van der Waals surface area (Å²) in [5.74, 6) is -8.41. The summed E-state index contributed by atoms with van der Waals surface area (Å²) < 4.78 is 15.0. The number of alkyl carbamates (subject to hydrolysis) is 2. The van der Waals surface area contributed by atoms with E-state index in [-0.39, 0.29) is 75.7 Å². The first kappa shape index (κ1) is 106. The Morgan fingerprint density at radius 2 is 0.958 bits per heavy atom. The third-order valence-electron chi connectivity index (χ3n) is 25.0. The van der Waals surface area contributed by atoms with E-state index >= 15 is 19.2 Å². The molecule has 8 atom stereocenters. The fourth-order valence-corrected chi connectivity index (χ4v) is 18.5. The van der Waals surface area contributed by atoms with Crippen LogP contribution in [0.2, 0.25) is 0 Å². The van der Waals surface area contributed by atoms with Crippen LogP contribution >= 0.6 is 11.8 Å². The molecule has 11 N–H and O–H groups in total. The van der Waals surface area contributed by atoms with Gasteiger partial charge in [-0.05, 0) is 153 Å². The number of Topliss-reactive ketones (excluding diaryl/α,β-unsaturated/α-hetero) is 1. The second kappa shape index (κ2) is 50.2. The van der Waals surface area contributed by atoms with Crippen molar-refractivity contribution in [3.05, 3.63) is 335 Å². The van der Waals surface area contributed by atoms with Gasteiger partial charge in [-0.15, -0.1) is 0 Å². The number of imidazole rings is 1. The number of rotatable bonds is 48. The predicted octanol–water partition coefficient (Wildman–Crippen LogP) is 13.0. The Morgan fingerprint density at radius 3 is 1.50 bits per heavy atom. The van der Waals surface area contributed by atoms with E-state index in [9.17, 15) is 43.2 Å². The maximum absolute atomic E-state index is 15.6. The lowest BCUT2D eigenvalue weighted by Crippen LogP contribution is -2.59. The van der Waals surface area contributed by atoms with Gasteiger partial charge < -0.3 is 87.2 Å². The molecule has 1 aliphatic carbocycles. The zero-order chi connectivity index (χ0) is 102. The topological polar surface area (TPSA) is 410 Å². The molecule has 0 bridgehead atoms. The average molecular weight is 1940 g/mol. The Bertz CT molecular complexity index is 5940. The number of hydrogen-bond acceptors (Lipinski definition) is 17. The standard InChI is InChI=1S/C111H129N15O15S/c1-71(2)62-91(104(135)119-89(74(6)127)59-61-142-11)120-105(136)93(64-82-65-112-70-126(82)111(79-44-24-15-25-45-79,80-46-26-16-27-47-80)81-48-28-17-29-49-81)118-98(130)67-114-106(137)99(72(3)4)123-100(131)73(5)116-103(134)92(63-75-68-125(10)95-55-35-34-50-83(75)95)121-102(133)90(57-58-97(129)124-110(76-38-18-12-19-39-76,77-40-20-13-21-41-77)78-42-22-14-23-43-78)117-96(128)56-36-37-60-113-101(132)94(66-115-107(138)141-109(7,8)9)122-108(139)140-69-88-86-53-32-30-51-84(86)85-52-31-33-54-87(85)88/h12-35,38-55,65,68,70-73,88-94,99H,36-37,56-64,66-67,69H2,1-11H3,(H12,113,114,115,116,117,118,119,120,121,122,123,124,128,129,130,131,132,133,134,135,136,137,138,139)/p-1/t73-,89-,90-,91-,92-,93-,94?,99-/m0/s1. The van der Waals surface area contributed by atoms with Crippen LogP contribution in [0.5, 0.6) is 0 Å². The second-order valence-electron chi connectivity index (χ2n) is 37.4. The molecule has 12 rings (SSSR count). The Balaban J connectivity index is 0.762. The summed E-state index contributed by atoms with van der Waals surface area (Å²) >= 11 is 1.51. The number of hydrogen-bond donors (Lipinski definition) is 11. The van der Waals surface area contributed by atoms with Crippen molar-refractivity contribution in [1.82, 2.24) is 72.6 Å². The van der Waals surface area contributed by atoms with E-state index in [0.29, 0.717) is 40.1 Å². The lowest BCUT2D eigenvalue weighted by molar-refractivity contribution is -0.135. The Morgan fingerprint density at radius 1 is 0.465 bits per heavy atom. The highest BCUT2D eigenvalue weighted by molar-refractivity contribution is 7.98. The molecule has 2 heterocycles. The van der Waals surface area contributed by atoms with Crippen molar-refractivity contribution in [3.8, 4) is 11.1 Å². The summed E-state index contributed by atoms with van der Waals surface area (Å²) in [7, 11) is 1.82. The molecule has 744 valence electrons. The highest BCUT2D eigenvalue weighted by Gasteiger charge is 2.43. The minimum atomic E-state index is -1.54. The first-order valence-electron chi connectivity index (χ1n) is 48.1. The molecule has 11 aromatic rings. The van der Waals surface area contributed by atoms with Gasteiger partial charge in [0.25, 0.3) is 0 Å². The zero-order valence-corrected chi connectivity index (χ0v) is 82.9. The molecule has 142 heavy (non-hydrogen) atoms. The fourth-order valence-electron chi connectivity index (χ4n) is 18.0. The molecule has 0 radical (unpaired) electrons. The maximum Gasteiger partial charge on any atom is 0.407 e. The van der Waals surface area contributed by atoms with Crippen LogP contribution in [0.25, 0.3) is 27.3 Å². The minimum absolute atomic E-state index is 0.0302. The molecule has 0 saturated heterocycles. The van der Waals surface area contributed by atoms with Gasteiger partial charge in [0, 0.05) is 67.8 Å². The molecule has 30 nitrogen and oxygen atoms in total. The van der Waals surface area contributed by atoms with Crippen molar-refractivity contribution in [3.63, 3.8) is 0 Å². The summed E-state index contributed by atoms with van der Waals surface area (Å²) in [4.78, 5) is 193. The molecule has 2 aromatic heterocycles. The van der Waals surface area contributed by atoms with Gasteiger partial charge in [0.05, 0.1) is 31.4 Å². The molecular weight excluding hydrogens is 1820 g/mol. The van der Waals surface area contributed by atoms with Gasteiger partial charge in [-0.25, -0.2) is 14.6 Å². The van der Waals surface area contributed by atoms with Crippen molar-refractivity contribution in [2.45, 2.75) is 191 Å². The number of amides is 12. The van der Waals surface area contributed by atoms with Gasteiger partial charge in [0.2, 0.25) is 53.2 Å². The Hall–Kier alpha value is -15.0. The lowest BCUT2D eigenvalue weighted by Gasteiger charge is -2.48. The van der Waals surface area contributed by atoms with Crippen LogP contribution in [-0.2, 0) is 93.2 Å². The van der Waals surface area contributed by atoms with Crippen LogP contribution in [0.1, 0.15) is 169 Å². The molecule has 0 saturated carbocycles. The van der Waals surface area contributed by atoms with E-state index in [1.807, 2.05) is 291 Å². The van der Waals surface area contributed by atoms with Crippen LogP contribution in [-0.4, -0.2) is 183 Å². The third kappa shape index (κ3) is 27.6. The number of aryl methyl sites for hydroxylation is 1. The van der Waals surface area contributed by atoms with E-state index in [1.54, 1.807) is 53.3 Å². The zero-order valence-electron chi connectivity index (χ0n) is 82.1. The van der Waals surface area contributed by atoms with Crippen molar-refractivity contribution >= 4 is 99.7 Å². The average Bonchev–Trinajstić information content (AvgIpc) is 1.36. The Labute approximate surface area is 833 Å². The molecule has 0 fully saturated rings. The van der Waals surface area contributed by atoms with E-state index in [0.717, 1.165) is 49.8 Å². The number of nitrogens with zero attached hydrogens (tertiary/aromatic N) is 4. The van der Waals surface area contributed by atoms with Crippen molar-refractivity contribution < 1.29 is 71.8 Å². The molecule has 9 aromatic carbocycles. The monoisotopic (exact) mass is 1940 g/mol. The number of aromatic nitrogens is 3. The highest BCUT2D eigenvalue weighted by atomic mass is 32.2. The number of ether oxygens (including phenoxy) is 2. The van der Waals surface area contributed by atoms with Crippen LogP contribution in [0.15, 0.2) is 274 Å². The summed E-state index contributed by atoms with van der Waals surface area (Å²) in [5, 5.41) is 36.2. The number of fused-ring (bicyclic) bond motifs is 4. The fraction of sp³-hybridized carbons (Fsp3) is 0.351. The third-order valence-corrected chi connectivity index (χ3v) is 25.7. The second-order valence-corrected chi connectivity index (χ2v) is 38.4. The lowest BCUT2D eigenvalue weighted by atomic mass is 9.76. The van der Waals surface area contributed by atoms with E-state index in [2.05, 4.69) is 58.5 Å². The number of para-hydroxylation sites is 1. The van der Waals surface area contributed by atoms with Crippen molar-refractivity contribution in [2.24, 2.45) is 18.9 Å². The molecule has 12 amide bonds. The summed E-state index contributed by atoms with van der Waals surface area (Å²) in [6, 6.07) is 69.4. The van der Waals surface area contributed by atoms with E-state index in [1.165, 1.54) is 25.6 Å². The normalized spacial score (nSPS) is 13.6. The highest BCUT2D eigenvalue weighted by Crippen LogP contribution is 2.47. The molecule has 1 aliphatic rings. The van der Waals surface area contributed by atoms with Crippen LogP contribution in [0.3, 0.4) is 0 Å². The first-order valence-corrected chi connectivity index (χ1v) is 49.5. The van der Waals surface area contributed by atoms with Crippen molar-refractivity contribution in [1.29, 1.82) is 0 Å². The largest absolute Gasteiger partial charge is 0.637 e. The summed E-state index contributed by atoms with van der Waals surface area (Å²) in [6.07, 6.45) is 4.58. The molecular formula is C111H128N15O15S-. The quantitative estimate of drug-likeness (QED) is 0.0125. The van der Waals surface area contributed by atoms with E-state index in [4.69, 9.17) is 19.8 Å². The van der Waals surface area contributed by atoms with Gasteiger partial charge in [-0.2, -0.15) is 11.8 Å². The van der Waals surface area contributed by atoms with E-state index < -0.39 is 162 Å². The summed E-state index contributed by atoms with van der Waals surface area (Å²) in [5.41, 5.74) is 6.90. The Kier molecular flexibility index (Phi) is 37.4. The number of nitrogens with one attached hydrogen (secondary N) is 11. The minimum Gasteiger partial charge on any atom is -0.637 e. The van der Waals surface area contributed by atoms with Crippen LogP contribution in [0, 0.1) is 11.8 Å². The number of benzene rings is 9. The number of carbonyl (C=O) groups excluding carboxylic acids is 13. The number of carbonyl (C=O) groups is 13. The van der Waals surface area contributed by atoms with Gasteiger partial charge in [-0.1, -0.05) is 293 Å². The molecule has 0 aliphatic heterocycles. The van der Waals surface area contributed by atoms with Gasteiger partial charge in [0.15, 0.2) is 5.78 Å². The van der Waals surface area contributed by atoms with Crippen LogP contribution < -0.4 is 58.5 Å². The molecule has 31 heteroatoms. The number of thioether (sulfide) groups is 1. The summed E-state index contributed by atoms with van der Waals surface area (Å²) in [6.45, 7) is 13.7. The first-order chi connectivity index (χ1) is 68.3. The number of ketones is 1. The SMILES string of the molecule is CSCC[C@H](NC(=O)[C@H](CC(C)C)NC(=O)[C@H](Cc1cncn1C(c1ccccc1)(c1ccccc1)c1ccccc1)NC(=O)CNC(=O)[C@@H](NC(=O)[C@H](C)NC(=O)[C@H](Cc1cn(C)c2ccccc12)NC(=O)[C@H](CCC(=O)[N-]C(c1ccccc1)(c1ccccc1)c1ccccc1)NC(=O)CCCCNC(=O)C(CNC(=O)OC(C)(C)C)NC(=O)OCC1c2ccccc2-c2ccccc21)C(C)C)C(C)=O. The number of unbranched alkanes of at least 4 members (excludes halogenated alkanes) is 1. The van der Waals surface area contributed by atoms with Gasteiger partial charge in [0.1, 0.15) is 60.0 Å². The predicted molar refractivity (Wildman–Crippen MR) is 547 cm³/mol. The molecule has 0 spiro atoms. The van der Waals surface area contributed by atoms with Gasteiger partial charge >= 0.3 is 12.2 Å². The van der Waals surface area contributed by atoms with Crippen molar-refractivity contribution in [2.75, 3.05) is 38.2 Å². The molecule has 1 unspecified atom stereocenters.